The van der Waals surface area contributed by atoms with E-state index in [0.29, 0.717) is 0 Å². The van der Waals surface area contributed by atoms with E-state index in [9.17, 15) is 22.4 Å². The van der Waals surface area contributed by atoms with E-state index in [1.165, 1.54) is 23.8 Å². The molecule has 0 saturated carbocycles. The number of nitrogens with zero attached hydrogens (tertiary/aromatic N) is 3. The van der Waals surface area contributed by atoms with Crippen molar-refractivity contribution in [3.63, 3.8) is 0 Å². The van der Waals surface area contributed by atoms with Gasteiger partial charge in [-0.1, -0.05) is 0 Å². The Labute approximate surface area is 142 Å². The Kier molecular flexibility index (Phi) is 4.45. The molecule has 0 aromatic carbocycles. The molecule has 10 heteroatoms. The van der Waals surface area contributed by atoms with Crippen molar-refractivity contribution in [3.05, 3.63) is 58.7 Å². The molecule has 25 heavy (non-hydrogen) atoms. The molecule has 3 heterocycles. The van der Waals surface area contributed by atoms with Crippen LogP contribution in [0.3, 0.4) is 0 Å². The molecule has 0 aliphatic carbocycles. The second-order valence-corrected chi connectivity index (χ2v) is 5.67. The zero-order valence-electron chi connectivity index (χ0n) is 12.2. The van der Waals surface area contributed by atoms with Gasteiger partial charge in [0.05, 0.1) is 17.6 Å². The first-order chi connectivity index (χ1) is 11.8. The first-order valence-electron chi connectivity index (χ1n) is 6.74. The Bertz CT molecular complexity index is 912. The summed E-state index contributed by atoms with van der Waals surface area (Å²) in [6, 6.07) is 3.31. The largest absolute Gasteiger partial charge is 0.435 e. The van der Waals surface area contributed by atoms with Crippen molar-refractivity contribution in [3.8, 4) is 11.3 Å². The second kappa shape index (κ2) is 6.55. The van der Waals surface area contributed by atoms with Gasteiger partial charge in [-0.2, -0.15) is 13.2 Å². The number of pyridine rings is 2. The predicted octanol–water partition coefficient (Wildman–Crippen LogP) is 4.01. The van der Waals surface area contributed by atoms with Gasteiger partial charge in [-0.25, -0.2) is 14.4 Å². The molecule has 0 radical (unpaired) electrons. The predicted molar refractivity (Wildman–Crippen MR) is 82.5 cm³/mol. The fourth-order valence-corrected chi connectivity index (χ4v) is 2.53. The highest BCUT2D eigenvalue weighted by Gasteiger charge is 2.36. The Morgan fingerprint density at radius 3 is 2.64 bits per heavy atom. The first kappa shape index (κ1) is 17.0. The van der Waals surface area contributed by atoms with Crippen molar-refractivity contribution in [2.24, 2.45) is 0 Å². The molecule has 0 aliphatic heterocycles. The number of rotatable bonds is 3. The van der Waals surface area contributed by atoms with Gasteiger partial charge in [-0.05, 0) is 18.2 Å². The summed E-state index contributed by atoms with van der Waals surface area (Å²) in [7, 11) is 0. The Hall–Kier alpha value is -2.88. The van der Waals surface area contributed by atoms with Crippen LogP contribution >= 0.6 is 11.3 Å². The van der Waals surface area contributed by atoms with Crippen LogP contribution in [0.25, 0.3) is 11.3 Å². The van der Waals surface area contributed by atoms with Gasteiger partial charge in [0.25, 0.3) is 5.91 Å². The number of halogens is 4. The van der Waals surface area contributed by atoms with Gasteiger partial charge in [0, 0.05) is 23.3 Å². The van der Waals surface area contributed by atoms with Gasteiger partial charge in [0.2, 0.25) is 0 Å². The summed E-state index contributed by atoms with van der Waals surface area (Å²) >= 11 is 0.991. The van der Waals surface area contributed by atoms with Crippen LogP contribution in [0.2, 0.25) is 0 Å². The number of carbonyl (C=O) groups excluding carboxylic acids is 1. The van der Waals surface area contributed by atoms with Crippen molar-refractivity contribution < 1.29 is 22.4 Å². The van der Waals surface area contributed by atoms with Crippen LogP contribution in [0.1, 0.15) is 15.5 Å². The topological polar surface area (TPSA) is 67.8 Å². The van der Waals surface area contributed by atoms with Crippen LogP contribution < -0.4 is 5.32 Å². The standard InChI is InChI=1S/C15H8F4N4OS/c16-9-5-8(6-20-7-9)10-1-2-11(12(22-10)15(17,18)19)23-13(24)14-21-3-4-25-14/h1-7H,(H,23,24). The highest BCUT2D eigenvalue weighted by atomic mass is 32.1. The highest BCUT2D eigenvalue weighted by molar-refractivity contribution is 7.11. The van der Waals surface area contributed by atoms with Crippen molar-refractivity contribution in [2.75, 3.05) is 5.32 Å². The fraction of sp³-hybridized carbons (Fsp3) is 0.0667. The van der Waals surface area contributed by atoms with Crippen LogP contribution in [0.4, 0.5) is 23.2 Å². The van der Waals surface area contributed by atoms with Crippen LogP contribution in [0.5, 0.6) is 0 Å². The van der Waals surface area contributed by atoms with Gasteiger partial charge < -0.3 is 5.32 Å². The Morgan fingerprint density at radius 2 is 2.00 bits per heavy atom. The average molecular weight is 368 g/mol. The van der Waals surface area contributed by atoms with E-state index >= 15 is 0 Å². The van der Waals surface area contributed by atoms with Gasteiger partial charge in [-0.3, -0.25) is 9.78 Å². The summed E-state index contributed by atoms with van der Waals surface area (Å²) < 4.78 is 53.1. The van der Waals surface area contributed by atoms with Crippen LogP contribution in [0.15, 0.2) is 42.2 Å². The van der Waals surface area contributed by atoms with Gasteiger partial charge in [0.15, 0.2) is 10.7 Å². The van der Waals surface area contributed by atoms with Gasteiger partial charge >= 0.3 is 6.18 Å². The molecule has 3 aromatic rings. The summed E-state index contributed by atoms with van der Waals surface area (Å²) in [6.45, 7) is 0. The Morgan fingerprint density at radius 1 is 1.20 bits per heavy atom. The second-order valence-electron chi connectivity index (χ2n) is 4.77. The molecule has 0 unspecified atom stereocenters. The lowest BCUT2D eigenvalue weighted by molar-refractivity contribution is -0.140. The number of amides is 1. The molecule has 3 rings (SSSR count). The van der Waals surface area contributed by atoms with Crippen LogP contribution in [-0.2, 0) is 6.18 Å². The van der Waals surface area contributed by atoms with E-state index in [1.807, 2.05) is 0 Å². The number of hydrogen-bond donors (Lipinski definition) is 1. The van der Waals surface area contributed by atoms with E-state index in [4.69, 9.17) is 0 Å². The summed E-state index contributed by atoms with van der Waals surface area (Å²) in [5.74, 6) is -1.48. The summed E-state index contributed by atoms with van der Waals surface area (Å²) in [6.07, 6.45) is -1.33. The lowest BCUT2D eigenvalue weighted by Gasteiger charge is -2.14. The number of carbonyl (C=O) groups is 1. The molecule has 3 aromatic heterocycles. The van der Waals surface area contributed by atoms with Crippen molar-refractivity contribution in [1.82, 2.24) is 15.0 Å². The SMILES string of the molecule is O=C(Nc1ccc(-c2cncc(F)c2)nc1C(F)(F)F)c1nccs1. The zero-order chi connectivity index (χ0) is 18.0. The van der Waals surface area contributed by atoms with Gasteiger partial charge in [0.1, 0.15) is 5.82 Å². The maximum atomic E-state index is 13.3. The average Bonchev–Trinajstić information content (AvgIpc) is 3.09. The number of anilines is 1. The van der Waals surface area contributed by atoms with Crippen molar-refractivity contribution in [1.29, 1.82) is 0 Å². The minimum Gasteiger partial charge on any atom is -0.318 e. The van der Waals surface area contributed by atoms with Crippen LogP contribution in [-0.4, -0.2) is 20.9 Å². The molecule has 0 spiro atoms. The Balaban J connectivity index is 2.00. The van der Waals surface area contributed by atoms with E-state index in [2.05, 4.69) is 20.3 Å². The zero-order valence-corrected chi connectivity index (χ0v) is 13.0. The molecule has 0 aliphatic rings. The smallest absolute Gasteiger partial charge is 0.318 e. The lowest BCUT2D eigenvalue weighted by atomic mass is 10.1. The van der Waals surface area contributed by atoms with Crippen LogP contribution in [0, 0.1) is 5.82 Å². The number of aromatic nitrogens is 3. The molecular weight excluding hydrogens is 360 g/mol. The molecule has 128 valence electrons. The third-order valence-corrected chi connectivity index (χ3v) is 3.81. The first-order valence-corrected chi connectivity index (χ1v) is 7.62. The third kappa shape index (κ3) is 3.79. The molecule has 0 atom stereocenters. The molecular formula is C15H8F4N4OS. The van der Waals surface area contributed by atoms with Crippen molar-refractivity contribution in [2.45, 2.75) is 6.18 Å². The van der Waals surface area contributed by atoms with E-state index in [0.717, 1.165) is 29.7 Å². The maximum absolute atomic E-state index is 13.3. The summed E-state index contributed by atoms with van der Waals surface area (Å²) in [5, 5.41) is 3.69. The lowest BCUT2D eigenvalue weighted by Crippen LogP contribution is -2.18. The van der Waals surface area contributed by atoms with E-state index in [1.54, 1.807) is 0 Å². The van der Waals surface area contributed by atoms with E-state index < -0.39 is 29.3 Å². The molecule has 1 N–H and O–H groups in total. The maximum Gasteiger partial charge on any atom is 0.435 e. The fourth-order valence-electron chi connectivity index (χ4n) is 2.00. The third-order valence-electron chi connectivity index (χ3n) is 3.04. The van der Waals surface area contributed by atoms with Gasteiger partial charge in [-0.15, -0.1) is 11.3 Å². The molecule has 0 bridgehead atoms. The minimum absolute atomic E-state index is 0.0199. The molecule has 1 amide bonds. The number of alkyl halides is 3. The number of nitrogens with one attached hydrogen (secondary N) is 1. The monoisotopic (exact) mass is 368 g/mol. The summed E-state index contributed by atoms with van der Waals surface area (Å²) in [4.78, 5) is 22.8. The minimum atomic E-state index is -4.82. The molecule has 0 saturated heterocycles. The van der Waals surface area contributed by atoms with Crippen molar-refractivity contribution >= 4 is 22.9 Å². The summed E-state index contributed by atoms with van der Waals surface area (Å²) in [5.41, 5.74) is -1.84. The quantitative estimate of drug-likeness (QED) is 0.710. The number of thiazole rings is 1. The highest BCUT2D eigenvalue weighted by Crippen LogP contribution is 2.35. The normalized spacial score (nSPS) is 11.4. The number of hydrogen-bond acceptors (Lipinski definition) is 5. The van der Waals surface area contributed by atoms with E-state index in [-0.39, 0.29) is 16.3 Å². The molecule has 5 nitrogen and oxygen atoms in total. The molecule has 0 fully saturated rings.